The second-order valence-electron chi connectivity index (χ2n) is 10.6. The van der Waals surface area contributed by atoms with E-state index in [1.807, 2.05) is 37.2 Å². The molecule has 0 radical (unpaired) electrons. The van der Waals surface area contributed by atoms with Crippen molar-refractivity contribution in [1.29, 1.82) is 0 Å². The molecule has 1 saturated heterocycles. The number of nitrogens with zero attached hydrogens (tertiary/aromatic N) is 3. The number of nitrogens with one attached hydrogen (secondary N) is 1. The molecule has 39 heavy (non-hydrogen) atoms. The van der Waals surface area contributed by atoms with Crippen LogP contribution in [0.2, 0.25) is 0 Å². The van der Waals surface area contributed by atoms with Gasteiger partial charge in [0.05, 0.1) is 30.6 Å². The maximum absolute atomic E-state index is 13.9. The average molecular weight is 547 g/mol. The van der Waals surface area contributed by atoms with Gasteiger partial charge in [0.15, 0.2) is 11.6 Å². The smallest absolute Gasteiger partial charge is 0.152 e. The Labute approximate surface area is 227 Å². The van der Waals surface area contributed by atoms with Crippen molar-refractivity contribution in [3.05, 3.63) is 59.5 Å². The van der Waals surface area contributed by atoms with Gasteiger partial charge in [-0.2, -0.15) is 0 Å². The number of anilines is 2. The van der Waals surface area contributed by atoms with Gasteiger partial charge in [-0.15, -0.1) is 0 Å². The molecule has 1 atom stereocenters. The maximum atomic E-state index is 13.9. The van der Waals surface area contributed by atoms with E-state index in [2.05, 4.69) is 15.2 Å². The first-order valence-corrected chi connectivity index (χ1v) is 13.2. The number of benzene rings is 2. The lowest BCUT2D eigenvalue weighted by Crippen LogP contribution is -2.43. The molecule has 7 nitrogen and oxygen atoms in total. The molecule has 10 heteroatoms. The summed E-state index contributed by atoms with van der Waals surface area (Å²) in [5, 5.41) is 25.3. The first-order valence-electron chi connectivity index (χ1n) is 13.2. The van der Waals surface area contributed by atoms with E-state index in [0.717, 1.165) is 35.0 Å². The number of rotatable bonds is 11. The molecule has 1 aliphatic heterocycles. The van der Waals surface area contributed by atoms with Crippen LogP contribution in [0.5, 0.6) is 5.75 Å². The molecule has 1 fully saturated rings. The molecule has 0 amide bonds. The van der Waals surface area contributed by atoms with Crippen LogP contribution in [0.3, 0.4) is 0 Å². The summed E-state index contributed by atoms with van der Waals surface area (Å²) in [5.41, 5.74) is 1.75. The second-order valence-corrected chi connectivity index (χ2v) is 10.6. The Kier molecular flexibility index (Phi) is 9.19. The van der Waals surface area contributed by atoms with Crippen molar-refractivity contribution < 1.29 is 28.1 Å². The van der Waals surface area contributed by atoms with Crippen molar-refractivity contribution in [3.8, 4) is 5.75 Å². The van der Waals surface area contributed by atoms with Crippen LogP contribution in [0.4, 0.5) is 24.5 Å². The number of piperidine rings is 1. The van der Waals surface area contributed by atoms with E-state index in [1.54, 1.807) is 13.3 Å². The third kappa shape index (κ3) is 6.57. The molecular weight excluding hydrogens is 509 g/mol. The predicted molar refractivity (Wildman–Crippen MR) is 147 cm³/mol. The molecule has 0 bridgehead atoms. The van der Waals surface area contributed by atoms with Gasteiger partial charge in [-0.3, -0.25) is 4.98 Å². The van der Waals surface area contributed by atoms with Crippen molar-refractivity contribution >= 4 is 22.3 Å². The van der Waals surface area contributed by atoms with E-state index < -0.39 is 23.6 Å². The van der Waals surface area contributed by atoms with Gasteiger partial charge in [-0.1, -0.05) is 0 Å². The molecule has 3 N–H and O–H groups in total. The van der Waals surface area contributed by atoms with Crippen molar-refractivity contribution in [2.45, 2.75) is 31.8 Å². The topological polar surface area (TPSA) is 81.1 Å². The molecule has 3 aromatic rings. The molecule has 0 spiro atoms. The van der Waals surface area contributed by atoms with E-state index in [1.165, 1.54) is 0 Å². The summed E-state index contributed by atoms with van der Waals surface area (Å²) in [6, 6.07) is 6.93. The minimum atomic E-state index is -0.957. The van der Waals surface area contributed by atoms with E-state index in [-0.39, 0.29) is 17.7 Å². The minimum absolute atomic E-state index is 0.0171. The number of fused-ring (bicyclic) bond motifs is 1. The number of aliphatic hydroxyl groups excluding tert-OH is 2. The zero-order chi connectivity index (χ0) is 28.2. The first-order chi connectivity index (χ1) is 18.7. The number of hydrogen-bond donors (Lipinski definition) is 3. The number of hydrogen-bond acceptors (Lipinski definition) is 7. The van der Waals surface area contributed by atoms with E-state index >= 15 is 0 Å². The van der Waals surface area contributed by atoms with Gasteiger partial charge in [0.25, 0.3) is 0 Å². The maximum Gasteiger partial charge on any atom is 0.152 e. The van der Waals surface area contributed by atoms with Crippen molar-refractivity contribution in [1.82, 2.24) is 9.88 Å². The molecule has 212 valence electrons. The lowest BCUT2D eigenvalue weighted by Gasteiger charge is -2.41. The highest BCUT2D eigenvalue weighted by Gasteiger charge is 2.35. The van der Waals surface area contributed by atoms with Crippen LogP contribution in [0.25, 0.3) is 10.9 Å². The number of methoxy groups -OCH3 is 1. The van der Waals surface area contributed by atoms with Crippen molar-refractivity contribution in [3.63, 3.8) is 0 Å². The Morgan fingerprint density at radius 1 is 1.13 bits per heavy atom. The summed E-state index contributed by atoms with van der Waals surface area (Å²) in [7, 11) is 5.43. The van der Waals surface area contributed by atoms with Gasteiger partial charge in [-0.05, 0) is 62.4 Å². The summed E-state index contributed by atoms with van der Waals surface area (Å²) in [6.45, 7) is 2.30. The minimum Gasteiger partial charge on any atom is -0.497 e. The molecule has 1 unspecified atom stereocenters. The first kappa shape index (κ1) is 28.9. The normalized spacial score (nSPS) is 16.3. The second kappa shape index (κ2) is 12.4. The standard InChI is InChI=1S/C29H37F3N4O3/c1-35(2)25-17-34-24-5-4-20(39-3)16-21(24)27(25)26(38)6-7-29(18-37)8-11-36(12-9-29)13-10-33-28-22(31)14-19(30)15-23(28)32/h4-5,14-17,26,33,37-38H,6-13,18H2,1-3H3. The number of likely N-dealkylation sites (tertiary alicyclic amines) is 1. The fourth-order valence-electron chi connectivity index (χ4n) is 5.39. The Morgan fingerprint density at radius 3 is 2.44 bits per heavy atom. The Bertz CT molecular complexity index is 1260. The summed E-state index contributed by atoms with van der Waals surface area (Å²) >= 11 is 0. The quantitative estimate of drug-likeness (QED) is 0.321. The lowest BCUT2D eigenvalue weighted by atomic mass is 9.74. The summed E-state index contributed by atoms with van der Waals surface area (Å²) < 4.78 is 46.3. The average Bonchev–Trinajstić information content (AvgIpc) is 2.92. The number of aromatic nitrogens is 1. The van der Waals surface area contributed by atoms with Gasteiger partial charge in [0.2, 0.25) is 0 Å². The lowest BCUT2D eigenvalue weighted by molar-refractivity contribution is 0.0248. The number of ether oxygens (including phenoxy) is 1. The molecule has 2 aromatic carbocycles. The Hall–Kier alpha value is -3.08. The van der Waals surface area contributed by atoms with Crippen LogP contribution < -0.4 is 15.0 Å². The number of pyridine rings is 1. The van der Waals surface area contributed by atoms with Gasteiger partial charge in [-0.25, -0.2) is 13.2 Å². The zero-order valence-corrected chi connectivity index (χ0v) is 22.7. The monoisotopic (exact) mass is 546 g/mol. The Morgan fingerprint density at radius 2 is 1.82 bits per heavy atom. The van der Waals surface area contributed by atoms with E-state index in [4.69, 9.17) is 4.74 Å². The van der Waals surface area contributed by atoms with Crippen LogP contribution in [-0.2, 0) is 0 Å². The SMILES string of the molecule is COc1ccc2ncc(N(C)C)c(C(O)CCC3(CO)CCN(CCNc4c(F)cc(F)cc4F)CC3)c2c1. The summed E-state index contributed by atoms with van der Waals surface area (Å²) in [4.78, 5) is 8.65. The van der Waals surface area contributed by atoms with Crippen LogP contribution in [-0.4, -0.2) is 74.1 Å². The number of aliphatic hydroxyl groups is 2. The summed E-state index contributed by atoms with van der Waals surface area (Å²) in [6.07, 6.45) is 3.60. The highest BCUT2D eigenvalue weighted by Crippen LogP contribution is 2.41. The van der Waals surface area contributed by atoms with E-state index in [9.17, 15) is 23.4 Å². The third-order valence-corrected chi connectivity index (χ3v) is 7.85. The molecule has 0 aliphatic carbocycles. The summed E-state index contributed by atoms with van der Waals surface area (Å²) in [5.74, 6) is -2.18. The van der Waals surface area contributed by atoms with Crippen LogP contribution in [0.15, 0.2) is 36.5 Å². The van der Waals surface area contributed by atoms with Crippen molar-refractivity contribution in [2.24, 2.45) is 5.41 Å². The molecule has 0 saturated carbocycles. The van der Waals surface area contributed by atoms with Crippen LogP contribution in [0.1, 0.15) is 37.4 Å². The van der Waals surface area contributed by atoms with Crippen LogP contribution in [0, 0.1) is 22.9 Å². The predicted octanol–water partition coefficient (Wildman–Crippen LogP) is 4.73. The van der Waals surface area contributed by atoms with E-state index in [0.29, 0.717) is 56.9 Å². The van der Waals surface area contributed by atoms with Gasteiger partial charge in [0, 0.05) is 56.9 Å². The van der Waals surface area contributed by atoms with Gasteiger partial charge in [0.1, 0.15) is 17.3 Å². The highest BCUT2D eigenvalue weighted by atomic mass is 19.1. The van der Waals surface area contributed by atoms with Crippen LogP contribution >= 0.6 is 0 Å². The molecule has 2 heterocycles. The molecular formula is C29H37F3N4O3. The largest absolute Gasteiger partial charge is 0.497 e. The van der Waals surface area contributed by atoms with Crippen molar-refractivity contribution in [2.75, 3.05) is 64.2 Å². The third-order valence-electron chi connectivity index (χ3n) is 7.85. The van der Waals surface area contributed by atoms with Gasteiger partial charge >= 0.3 is 0 Å². The fourth-order valence-corrected chi connectivity index (χ4v) is 5.39. The molecule has 1 aliphatic rings. The highest BCUT2D eigenvalue weighted by molar-refractivity contribution is 5.88. The zero-order valence-electron chi connectivity index (χ0n) is 22.7. The number of halogens is 3. The van der Waals surface area contributed by atoms with Gasteiger partial charge < -0.3 is 30.1 Å². The molecule has 4 rings (SSSR count). The fraction of sp³-hybridized carbons (Fsp3) is 0.483. The Balaban J connectivity index is 1.38. The molecule has 1 aromatic heterocycles.